The van der Waals surface area contributed by atoms with Crippen LogP contribution in [0.4, 0.5) is 0 Å². The number of nitrogens with one attached hydrogen (secondary N) is 2. The Balaban J connectivity index is 0.00000420. The van der Waals surface area contributed by atoms with Crippen LogP contribution in [0.5, 0.6) is 11.5 Å². The number of rotatable bonds is 10. The number of halogens is 1. The van der Waals surface area contributed by atoms with Gasteiger partial charge in [-0.05, 0) is 48.9 Å². The number of aliphatic imine (C=N–C) groups is 1. The third kappa shape index (κ3) is 8.39. The number of aliphatic hydroxyl groups is 1. The third-order valence-electron chi connectivity index (χ3n) is 4.29. The molecule has 0 amide bonds. The lowest BCUT2D eigenvalue weighted by atomic mass is 10.1. The molecule has 0 saturated heterocycles. The second-order valence-corrected chi connectivity index (χ2v) is 7.65. The molecular weight excluding hydrogens is 501 g/mol. The van der Waals surface area contributed by atoms with Gasteiger partial charge in [0.1, 0.15) is 11.5 Å². The van der Waals surface area contributed by atoms with Gasteiger partial charge in [0, 0.05) is 30.1 Å². The predicted molar refractivity (Wildman–Crippen MR) is 131 cm³/mol. The van der Waals surface area contributed by atoms with Gasteiger partial charge in [-0.1, -0.05) is 13.0 Å². The number of thiophene rings is 1. The van der Waals surface area contributed by atoms with E-state index in [1.807, 2.05) is 13.0 Å². The summed E-state index contributed by atoms with van der Waals surface area (Å²) < 4.78 is 10.6. The van der Waals surface area contributed by atoms with Crippen molar-refractivity contribution in [2.45, 2.75) is 26.4 Å². The van der Waals surface area contributed by atoms with Crippen LogP contribution in [0.25, 0.3) is 0 Å². The maximum Gasteiger partial charge on any atom is 0.191 e. The first-order valence-corrected chi connectivity index (χ1v) is 10.4. The monoisotopic (exact) mass is 533 g/mol. The van der Waals surface area contributed by atoms with Crippen LogP contribution in [0, 0.1) is 5.92 Å². The second kappa shape index (κ2) is 13.7. The topological polar surface area (TPSA) is 75.1 Å². The number of hydrogen-bond donors (Lipinski definition) is 3. The lowest BCUT2D eigenvalue weighted by Gasteiger charge is -2.18. The molecule has 1 heterocycles. The van der Waals surface area contributed by atoms with Crippen LogP contribution in [0.1, 0.15) is 30.4 Å². The Hall–Kier alpha value is -1.52. The summed E-state index contributed by atoms with van der Waals surface area (Å²) >= 11 is 1.78. The van der Waals surface area contributed by atoms with E-state index in [2.05, 4.69) is 40.1 Å². The first-order chi connectivity index (χ1) is 13.6. The van der Waals surface area contributed by atoms with Crippen molar-refractivity contribution in [3.63, 3.8) is 0 Å². The van der Waals surface area contributed by atoms with Crippen LogP contribution < -0.4 is 20.1 Å². The molecule has 2 aromatic rings. The summed E-state index contributed by atoms with van der Waals surface area (Å²) in [5, 5.41) is 19.2. The molecular formula is C21H32IN3O3S. The second-order valence-electron chi connectivity index (χ2n) is 6.61. The number of aliphatic hydroxyl groups excluding tert-OH is 1. The van der Waals surface area contributed by atoms with Gasteiger partial charge in [0.25, 0.3) is 0 Å². The molecule has 0 radical (unpaired) electrons. The molecule has 0 aliphatic heterocycles. The molecule has 3 N–H and O–H groups in total. The van der Waals surface area contributed by atoms with Crippen molar-refractivity contribution in [3.05, 3.63) is 46.2 Å². The fourth-order valence-electron chi connectivity index (χ4n) is 2.83. The molecule has 29 heavy (non-hydrogen) atoms. The molecule has 0 saturated carbocycles. The van der Waals surface area contributed by atoms with Gasteiger partial charge < -0.3 is 25.2 Å². The fourth-order valence-corrected chi connectivity index (χ4v) is 3.70. The maximum atomic E-state index is 10.6. The van der Waals surface area contributed by atoms with Gasteiger partial charge in [0.05, 0.1) is 20.3 Å². The van der Waals surface area contributed by atoms with Gasteiger partial charge >= 0.3 is 0 Å². The molecule has 2 unspecified atom stereocenters. The molecule has 0 aliphatic carbocycles. The summed E-state index contributed by atoms with van der Waals surface area (Å²) in [6.45, 7) is 6.00. The lowest BCUT2D eigenvalue weighted by molar-refractivity contribution is 0.176. The highest BCUT2D eigenvalue weighted by Crippen LogP contribution is 2.29. The highest BCUT2D eigenvalue weighted by atomic mass is 127. The van der Waals surface area contributed by atoms with E-state index in [0.717, 1.165) is 13.0 Å². The molecule has 2 atom stereocenters. The minimum Gasteiger partial charge on any atom is -0.497 e. The Kier molecular flexibility index (Phi) is 12.0. The average Bonchev–Trinajstić information content (AvgIpc) is 3.22. The summed E-state index contributed by atoms with van der Waals surface area (Å²) in [4.78, 5) is 6.04. The van der Waals surface area contributed by atoms with E-state index in [0.29, 0.717) is 42.0 Å². The number of methoxy groups -OCH3 is 2. The van der Waals surface area contributed by atoms with E-state index in [1.165, 1.54) is 4.88 Å². The van der Waals surface area contributed by atoms with E-state index < -0.39 is 6.10 Å². The lowest BCUT2D eigenvalue weighted by Crippen LogP contribution is -2.39. The Morgan fingerprint density at radius 2 is 2.00 bits per heavy atom. The highest BCUT2D eigenvalue weighted by Gasteiger charge is 2.15. The van der Waals surface area contributed by atoms with E-state index >= 15 is 0 Å². The van der Waals surface area contributed by atoms with Crippen molar-refractivity contribution in [1.29, 1.82) is 0 Å². The molecule has 8 heteroatoms. The molecule has 1 aromatic carbocycles. The summed E-state index contributed by atoms with van der Waals surface area (Å²) in [5.74, 6) is 2.44. The SMILES string of the molecule is CCNC(=NCC(C)Cc1cccs1)NCC(O)c1cc(OC)ccc1OC.I. The Labute approximate surface area is 194 Å². The Bertz CT molecular complexity index is 741. The van der Waals surface area contributed by atoms with E-state index in [1.54, 1.807) is 37.7 Å². The standard InChI is InChI=1S/C21H31N3O3S.HI/c1-5-22-21(23-13-15(2)11-17-7-6-10-28-17)24-14-19(25)18-12-16(26-3)8-9-20(18)27-4;/h6-10,12,15,19,25H,5,11,13-14H2,1-4H3,(H2,22,23,24);1H. The van der Waals surface area contributed by atoms with E-state index in [4.69, 9.17) is 9.47 Å². The smallest absolute Gasteiger partial charge is 0.191 e. The normalized spacial score (nSPS) is 13.2. The summed E-state index contributed by atoms with van der Waals surface area (Å²) in [7, 11) is 3.19. The van der Waals surface area contributed by atoms with Gasteiger partial charge in [-0.15, -0.1) is 35.3 Å². The summed E-state index contributed by atoms with van der Waals surface area (Å²) in [6.07, 6.45) is 0.266. The van der Waals surface area contributed by atoms with Crippen molar-refractivity contribution in [2.24, 2.45) is 10.9 Å². The number of guanidine groups is 1. The first kappa shape index (κ1) is 25.5. The van der Waals surface area contributed by atoms with Crippen LogP contribution in [0.15, 0.2) is 40.7 Å². The molecule has 0 fully saturated rings. The molecule has 6 nitrogen and oxygen atoms in total. The maximum absolute atomic E-state index is 10.6. The summed E-state index contributed by atoms with van der Waals surface area (Å²) in [6, 6.07) is 9.63. The quantitative estimate of drug-likeness (QED) is 0.246. The van der Waals surface area contributed by atoms with Crippen molar-refractivity contribution < 1.29 is 14.6 Å². The highest BCUT2D eigenvalue weighted by molar-refractivity contribution is 14.0. The zero-order chi connectivity index (χ0) is 20.4. The van der Waals surface area contributed by atoms with Crippen LogP contribution in [-0.4, -0.2) is 44.9 Å². The number of nitrogens with zero attached hydrogens (tertiary/aromatic N) is 1. The first-order valence-electron chi connectivity index (χ1n) is 9.51. The molecule has 162 valence electrons. The van der Waals surface area contributed by atoms with Gasteiger partial charge in [-0.25, -0.2) is 0 Å². The number of hydrogen-bond acceptors (Lipinski definition) is 5. The van der Waals surface area contributed by atoms with Crippen molar-refractivity contribution >= 4 is 41.3 Å². The minimum atomic E-state index is -0.752. The molecule has 0 spiro atoms. The Morgan fingerprint density at radius 3 is 2.62 bits per heavy atom. The minimum absolute atomic E-state index is 0. The van der Waals surface area contributed by atoms with Gasteiger partial charge in [-0.2, -0.15) is 0 Å². The molecule has 0 aliphatic rings. The van der Waals surface area contributed by atoms with Crippen LogP contribution >= 0.6 is 35.3 Å². The van der Waals surface area contributed by atoms with Crippen molar-refractivity contribution in [1.82, 2.24) is 10.6 Å². The van der Waals surface area contributed by atoms with Crippen LogP contribution in [0.3, 0.4) is 0 Å². The van der Waals surface area contributed by atoms with Gasteiger partial charge in [0.2, 0.25) is 0 Å². The average molecular weight is 533 g/mol. The zero-order valence-corrected chi connectivity index (χ0v) is 20.6. The Morgan fingerprint density at radius 1 is 1.21 bits per heavy atom. The van der Waals surface area contributed by atoms with Gasteiger partial charge in [-0.3, -0.25) is 4.99 Å². The van der Waals surface area contributed by atoms with Crippen LogP contribution in [0.2, 0.25) is 0 Å². The molecule has 2 rings (SSSR count). The molecule has 1 aromatic heterocycles. The number of ether oxygens (including phenoxy) is 2. The van der Waals surface area contributed by atoms with E-state index in [-0.39, 0.29) is 24.0 Å². The summed E-state index contributed by atoms with van der Waals surface area (Å²) in [5.41, 5.74) is 0.677. The largest absolute Gasteiger partial charge is 0.497 e. The van der Waals surface area contributed by atoms with Crippen molar-refractivity contribution in [3.8, 4) is 11.5 Å². The molecule has 0 bridgehead atoms. The number of benzene rings is 1. The predicted octanol–water partition coefficient (Wildman–Crippen LogP) is 3.85. The van der Waals surface area contributed by atoms with Crippen LogP contribution in [-0.2, 0) is 6.42 Å². The zero-order valence-electron chi connectivity index (χ0n) is 17.5. The van der Waals surface area contributed by atoms with Gasteiger partial charge in [0.15, 0.2) is 5.96 Å². The van der Waals surface area contributed by atoms with Crippen molar-refractivity contribution in [2.75, 3.05) is 33.9 Å². The van der Waals surface area contributed by atoms with E-state index in [9.17, 15) is 5.11 Å². The fraction of sp³-hybridized carbons (Fsp3) is 0.476. The third-order valence-corrected chi connectivity index (χ3v) is 5.19.